The molecule has 0 radical (unpaired) electrons. The summed E-state index contributed by atoms with van der Waals surface area (Å²) < 4.78 is 27.3. The number of carbonyl (C=O) groups is 1. The van der Waals surface area contributed by atoms with Crippen molar-refractivity contribution in [3.8, 4) is 0 Å². The zero-order valence-electron chi connectivity index (χ0n) is 17.5. The quantitative estimate of drug-likeness (QED) is 0.630. The molecule has 1 saturated carbocycles. The van der Waals surface area contributed by atoms with Gasteiger partial charge in [-0.1, -0.05) is 18.6 Å². The number of piperidine rings is 1. The first-order valence-corrected chi connectivity index (χ1v) is 12.4. The van der Waals surface area contributed by atoms with Crippen LogP contribution in [0.4, 0.5) is 0 Å². The van der Waals surface area contributed by atoms with E-state index in [1.807, 2.05) is 17.2 Å². The normalized spacial score (nSPS) is 17.7. The number of aromatic nitrogens is 1. The van der Waals surface area contributed by atoms with Gasteiger partial charge in [0.2, 0.25) is 10.0 Å². The number of nitrogens with one attached hydrogen (secondary N) is 1. The molecule has 5 rings (SSSR count). The van der Waals surface area contributed by atoms with E-state index in [1.165, 1.54) is 0 Å². The largest absolute Gasteiger partial charge is 0.361 e. The molecule has 3 aromatic rings. The smallest absolute Gasteiger partial charge is 0.254 e. The molecular formula is C24H27N3O3S. The zero-order chi connectivity index (χ0) is 21.4. The molecule has 162 valence electrons. The molecule has 0 atom stereocenters. The van der Waals surface area contributed by atoms with Crippen molar-refractivity contribution in [1.29, 1.82) is 0 Å². The second-order valence-corrected chi connectivity index (χ2v) is 10.5. The minimum absolute atomic E-state index is 0.0454. The Balaban J connectivity index is 1.35. The first-order chi connectivity index (χ1) is 15.0. The lowest BCUT2D eigenvalue weighted by atomic mass is 10.1. The molecule has 1 aliphatic heterocycles. The zero-order valence-corrected chi connectivity index (χ0v) is 18.3. The number of nitrogens with zero attached hydrogens (tertiary/aromatic N) is 2. The van der Waals surface area contributed by atoms with Gasteiger partial charge in [-0.05, 0) is 73.0 Å². The molecule has 1 saturated heterocycles. The predicted octanol–water partition coefficient (Wildman–Crippen LogP) is 4.15. The van der Waals surface area contributed by atoms with E-state index < -0.39 is 10.0 Å². The van der Waals surface area contributed by atoms with E-state index in [-0.39, 0.29) is 16.8 Å². The van der Waals surface area contributed by atoms with Gasteiger partial charge in [0.05, 0.1) is 4.90 Å². The first-order valence-electron chi connectivity index (χ1n) is 11.0. The number of benzene rings is 2. The number of sulfonamides is 1. The Morgan fingerprint density at radius 1 is 1.00 bits per heavy atom. The fraction of sp³-hybridized carbons (Fsp3) is 0.375. The maximum Gasteiger partial charge on any atom is 0.254 e. The van der Waals surface area contributed by atoms with Crippen molar-refractivity contribution in [2.75, 3.05) is 13.1 Å². The number of fused-ring (bicyclic) bond motifs is 1. The van der Waals surface area contributed by atoms with Crippen molar-refractivity contribution in [2.45, 2.75) is 49.6 Å². The van der Waals surface area contributed by atoms with Gasteiger partial charge in [0, 0.05) is 43.0 Å². The molecule has 7 heteroatoms. The molecule has 6 nitrogen and oxygen atoms in total. The molecule has 1 amide bonds. The Hall–Kier alpha value is -2.64. The van der Waals surface area contributed by atoms with Crippen molar-refractivity contribution in [3.63, 3.8) is 0 Å². The summed E-state index contributed by atoms with van der Waals surface area (Å²) in [4.78, 5) is 18.7. The highest BCUT2D eigenvalue weighted by Crippen LogP contribution is 2.31. The average Bonchev–Trinajstić information content (AvgIpc) is 3.54. The van der Waals surface area contributed by atoms with Gasteiger partial charge < -0.3 is 9.88 Å². The molecule has 1 aromatic heterocycles. The Morgan fingerprint density at radius 3 is 2.45 bits per heavy atom. The number of aromatic amines is 1. The first kappa shape index (κ1) is 20.3. The molecule has 2 aromatic carbocycles. The second-order valence-electron chi connectivity index (χ2n) is 8.55. The summed E-state index contributed by atoms with van der Waals surface area (Å²) in [7, 11) is -3.49. The summed E-state index contributed by atoms with van der Waals surface area (Å²) in [6.45, 7) is 1.69. The van der Waals surface area contributed by atoms with E-state index in [1.54, 1.807) is 28.6 Å². The number of hydrogen-bond acceptors (Lipinski definition) is 3. The fourth-order valence-electron chi connectivity index (χ4n) is 4.33. The Morgan fingerprint density at radius 2 is 1.74 bits per heavy atom. The molecule has 2 fully saturated rings. The highest BCUT2D eigenvalue weighted by Gasteiger charge is 2.33. The molecular weight excluding hydrogens is 410 g/mol. The van der Waals surface area contributed by atoms with Gasteiger partial charge in [-0.15, -0.1) is 0 Å². The molecule has 2 heterocycles. The van der Waals surface area contributed by atoms with Crippen molar-refractivity contribution in [3.05, 3.63) is 65.9 Å². The third-order valence-electron chi connectivity index (χ3n) is 6.27. The third kappa shape index (κ3) is 4.12. The van der Waals surface area contributed by atoms with Crippen LogP contribution in [-0.2, 0) is 16.6 Å². The molecule has 31 heavy (non-hydrogen) atoms. The lowest BCUT2D eigenvalue weighted by Crippen LogP contribution is -2.35. The number of amides is 1. The van der Waals surface area contributed by atoms with Crippen LogP contribution in [0.5, 0.6) is 0 Å². The van der Waals surface area contributed by atoms with E-state index >= 15 is 0 Å². The third-order valence-corrected chi connectivity index (χ3v) is 8.19. The molecule has 0 bridgehead atoms. The highest BCUT2D eigenvalue weighted by atomic mass is 32.2. The highest BCUT2D eigenvalue weighted by molar-refractivity contribution is 7.89. The van der Waals surface area contributed by atoms with Crippen LogP contribution in [0.25, 0.3) is 10.9 Å². The standard InChI is InChI=1S/C24H27N3O3S/c28-24(20-6-10-22(11-7-20)31(29,30)26-14-2-1-3-15-26)27(21-8-9-21)17-18-4-5-19-12-13-25-23(19)16-18/h4-7,10-13,16,21,25H,1-3,8-9,14-15,17H2. The van der Waals surface area contributed by atoms with E-state index in [9.17, 15) is 13.2 Å². The predicted molar refractivity (Wildman–Crippen MR) is 120 cm³/mol. The fourth-order valence-corrected chi connectivity index (χ4v) is 5.85. The number of H-pyrrole nitrogens is 1. The molecule has 0 spiro atoms. The summed E-state index contributed by atoms with van der Waals surface area (Å²) in [5.74, 6) is -0.0454. The van der Waals surface area contributed by atoms with Crippen LogP contribution in [0.3, 0.4) is 0 Å². The van der Waals surface area contributed by atoms with Gasteiger partial charge in [-0.3, -0.25) is 4.79 Å². The minimum atomic E-state index is -3.49. The van der Waals surface area contributed by atoms with Crippen LogP contribution in [0.15, 0.2) is 59.6 Å². The van der Waals surface area contributed by atoms with Gasteiger partial charge in [-0.25, -0.2) is 8.42 Å². The van der Waals surface area contributed by atoms with E-state index in [0.717, 1.165) is 48.6 Å². The van der Waals surface area contributed by atoms with E-state index in [0.29, 0.717) is 25.2 Å². The van der Waals surface area contributed by atoms with Crippen LogP contribution >= 0.6 is 0 Å². The van der Waals surface area contributed by atoms with Crippen molar-refractivity contribution in [2.24, 2.45) is 0 Å². The van der Waals surface area contributed by atoms with Crippen LogP contribution < -0.4 is 0 Å². The molecule has 0 unspecified atom stereocenters. The van der Waals surface area contributed by atoms with E-state index in [2.05, 4.69) is 23.2 Å². The van der Waals surface area contributed by atoms with Crippen molar-refractivity contribution < 1.29 is 13.2 Å². The Labute approximate surface area is 182 Å². The van der Waals surface area contributed by atoms with E-state index in [4.69, 9.17) is 0 Å². The van der Waals surface area contributed by atoms with Crippen LogP contribution in [0, 0.1) is 0 Å². The monoisotopic (exact) mass is 437 g/mol. The lowest BCUT2D eigenvalue weighted by molar-refractivity contribution is 0.0730. The average molecular weight is 438 g/mol. The topological polar surface area (TPSA) is 73.5 Å². The van der Waals surface area contributed by atoms with Crippen LogP contribution in [-0.4, -0.2) is 47.6 Å². The Kier molecular flexibility index (Phi) is 5.32. The summed E-state index contributed by atoms with van der Waals surface area (Å²) in [6, 6.07) is 15.0. The van der Waals surface area contributed by atoms with Gasteiger partial charge in [-0.2, -0.15) is 4.31 Å². The van der Waals surface area contributed by atoms with Gasteiger partial charge in [0.15, 0.2) is 0 Å². The number of hydrogen-bond donors (Lipinski definition) is 1. The molecule has 1 aliphatic carbocycles. The number of rotatable bonds is 6. The maximum absolute atomic E-state index is 13.3. The van der Waals surface area contributed by atoms with Crippen LogP contribution in [0.1, 0.15) is 48.0 Å². The summed E-state index contributed by atoms with van der Waals surface area (Å²) in [6.07, 6.45) is 6.82. The van der Waals surface area contributed by atoms with Gasteiger partial charge in [0.25, 0.3) is 5.91 Å². The van der Waals surface area contributed by atoms with Gasteiger partial charge in [0.1, 0.15) is 0 Å². The van der Waals surface area contributed by atoms with Crippen LogP contribution in [0.2, 0.25) is 0 Å². The minimum Gasteiger partial charge on any atom is -0.361 e. The summed E-state index contributed by atoms with van der Waals surface area (Å²) in [5.41, 5.74) is 2.68. The molecule has 1 N–H and O–H groups in total. The van der Waals surface area contributed by atoms with Crippen molar-refractivity contribution >= 4 is 26.8 Å². The lowest BCUT2D eigenvalue weighted by Gasteiger charge is -2.26. The van der Waals surface area contributed by atoms with Crippen molar-refractivity contribution in [1.82, 2.24) is 14.2 Å². The summed E-state index contributed by atoms with van der Waals surface area (Å²) >= 11 is 0. The second kappa shape index (κ2) is 8.13. The van der Waals surface area contributed by atoms with Gasteiger partial charge >= 0.3 is 0 Å². The maximum atomic E-state index is 13.3. The molecule has 2 aliphatic rings. The summed E-state index contributed by atoms with van der Waals surface area (Å²) in [5, 5.41) is 1.15. The Bertz CT molecular complexity index is 1190. The SMILES string of the molecule is O=C(c1ccc(S(=O)(=O)N2CCCCC2)cc1)N(Cc1ccc2cc[nH]c2c1)C1CC1. The number of carbonyl (C=O) groups excluding carboxylic acids is 1.